The molecule has 1 N–H and O–H groups in total. The first-order chi connectivity index (χ1) is 8.59. The molecule has 0 aromatic heterocycles. The Morgan fingerprint density at radius 1 is 1.06 bits per heavy atom. The van der Waals surface area contributed by atoms with Crippen molar-refractivity contribution < 1.29 is 24.3 Å². The van der Waals surface area contributed by atoms with Gasteiger partial charge in [-0.05, 0) is 6.07 Å². The van der Waals surface area contributed by atoms with E-state index in [1.165, 1.54) is 0 Å². The first kappa shape index (κ1) is 12.3. The van der Waals surface area contributed by atoms with Crippen molar-refractivity contribution >= 4 is 17.8 Å². The number of nitrogens with zero attached hydrogens (tertiary/aromatic N) is 1. The van der Waals surface area contributed by atoms with Gasteiger partial charge in [0.2, 0.25) is 0 Å². The van der Waals surface area contributed by atoms with Crippen LogP contribution < -0.4 is 0 Å². The Labute approximate surface area is 103 Å². The molecular weight excluding hydrogens is 238 g/mol. The quantitative estimate of drug-likeness (QED) is 0.419. The molecule has 1 saturated heterocycles. The summed E-state index contributed by atoms with van der Waals surface area (Å²) in [6.45, 7) is 0.439. The Hall–Kier alpha value is -2.21. The van der Waals surface area contributed by atoms with Crippen molar-refractivity contribution in [1.29, 1.82) is 0 Å². The molecule has 0 aliphatic carbocycles. The fourth-order valence-corrected chi connectivity index (χ4v) is 1.63. The number of rotatable bonds is 0. The Kier molecular flexibility index (Phi) is 3.38. The summed E-state index contributed by atoms with van der Waals surface area (Å²) in [6, 6.07) is 7.43. The molecule has 0 atom stereocenters. The number of carbonyl (C=O) groups is 3. The topological polar surface area (TPSA) is 83.9 Å². The summed E-state index contributed by atoms with van der Waals surface area (Å²) in [5.41, 5.74) is 1.70. The minimum absolute atomic E-state index is 0.148. The molecule has 0 bridgehead atoms. The highest BCUT2D eigenvalue weighted by Crippen LogP contribution is 2.18. The molecule has 18 heavy (non-hydrogen) atoms. The van der Waals surface area contributed by atoms with Crippen molar-refractivity contribution in [2.75, 3.05) is 0 Å². The molecular formula is C12H11NO5. The van der Waals surface area contributed by atoms with Gasteiger partial charge in [0, 0.05) is 18.4 Å². The molecule has 94 valence electrons. The lowest BCUT2D eigenvalue weighted by Gasteiger charge is -1.98. The van der Waals surface area contributed by atoms with E-state index in [0.717, 1.165) is 5.56 Å². The summed E-state index contributed by atoms with van der Waals surface area (Å²) in [7, 11) is 0. The highest BCUT2D eigenvalue weighted by molar-refractivity contribution is 6.00. The van der Waals surface area contributed by atoms with Crippen LogP contribution in [0.1, 0.15) is 28.8 Å². The van der Waals surface area contributed by atoms with E-state index in [9.17, 15) is 14.4 Å². The van der Waals surface area contributed by atoms with Gasteiger partial charge in [-0.25, -0.2) is 4.79 Å². The predicted molar refractivity (Wildman–Crippen MR) is 58.4 cm³/mol. The molecule has 2 heterocycles. The van der Waals surface area contributed by atoms with Crippen LogP contribution in [0, 0.1) is 0 Å². The van der Waals surface area contributed by atoms with E-state index in [2.05, 4.69) is 0 Å². The summed E-state index contributed by atoms with van der Waals surface area (Å²) >= 11 is 0. The van der Waals surface area contributed by atoms with Crippen LogP contribution in [0.5, 0.6) is 0 Å². The number of benzene rings is 1. The Morgan fingerprint density at radius 3 is 2.17 bits per heavy atom. The van der Waals surface area contributed by atoms with Gasteiger partial charge in [-0.1, -0.05) is 18.2 Å². The molecule has 6 heteroatoms. The minimum Gasteiger partial charge on any atom is -0.457 e. The number of fused-ring (bicyclic) bond motifs is 1. The van der Waals surface area contributed by atoms with Crippen molar-refractivity contribution in [2.24, 2.45) is 0 Å². The molecule has 0 saturated carbocycles. The van der Waals surface area contributed by atoms with E-state index in [1.54, 1.807) is 6.07 Å². The third-order valence-electron chi connectivity index (χ3n) is 2.62. The van der Waals surface area contributed by atoms with Crippen LogP contribution >= 0.6 is 0 Å². The van der Waals surface area contributed by atoms with Gasteiger partial charge < -0.3 is 4.74 Å². The zero-order valence-electron chi connectivity index (χ0n) is 9.46. The summed E-state index contributed by atoms with van der Waals surface area (Å²) in [5, 5.41) is 8.57. The molecule has 0 spiro atoms. The van der Waals surface area contributed by atoms with Crippen LogP contribution in [0.2, 0.25) is 0 Å². The summed E-state index contributed by atoms with van der Waals surface area (Å²) in [4.78, 5) is 31.3. The van der Waals surface area contributed by atoms with Crippen LogP contribution in [0.15, 0.2) is 24.3 Å². The zero-order valence-corrected chi connectivity index (χ0v) is 9.46. The second-order valence-electron chi connectivity index (χ2n) is 3.83. The fraction of sp³-hybridized carbons (Fsp3) is 0.250. The van der Waals surface area contributed by atoms with E-state index >= 15 is 0 Å². The lowest BCUT2D eigenvalue weighted by atomic mass is 10.1. The van der Waals surface area contributed by atoms with Crippen LogP contribution in [0.25, 0.3) is 0 Å². The lowest BCUT2D eigenvalue weighted by molar-refractivity contribution is -0.171. The molecule has 2 aliphatic rings. The molecule has 1 fully saturated rings. The maximum atomic E-state index is 10.8. The van der Waals surface area contributed by atoms with Gasteiger partial charge in [0.25, 0.3) is 11.8 Å². The summed E-state index contributed by atoms with van der Waals surface area (Å²) in [6.07, 6.45) is 0.296. The third-order valence-corrected chi connectivity index (χ3v) is 2.62. The Morgan fingerprint density at radius 2 is 1.67 bits per heavy atom. The smallest absolute Gasteiger partial charge is 0.338 e. The van der Waals surface area contributed by atoms with Gasteiger partial charge in [0.15, 0.2) is 0 Å². The standard InChI is InChI=1S/C8H6O2.C4H5NO3/c9-8-7-4-2-1-3-6(7)5-10-8;6-3-1-2-4(7)5(3)8/h1-4H,5H2;8H,1-2H2. The monoisotopic (exact) mass is 249 g/mol. The minimum atomic E-state index is -0.505. The third kappa shape index (κ3) is 2.38. The van der Waals surface area contributed by atoms with Crippen molar-refractivity contribution in [3.63, 3.8) is 0 Å². The lowest BCUT2D eigenvalue weighted by Crippen LogP contribution is -2.24. The van der Waals surface area contributed by atoms with Gasteiger partial charge >= 0.3 is 5.97 Å². The number of hydrogen-bond acceptors (Lipinski definition) is 5. The largest absolute Gasteiger partial charge is 0.457 e. The van der Waals surface area contributed by atoms with Gasteiger partial charge in [-0.3, -0.25) is 14.8 Å². The van der Waals surface area contributed by atoms with Crippen LogP contribution in [-0.2, 0) is 20.9 Å². The van der Waals surface area contributed by atoms with Crippen LogP contribution in [0.3, 0.4) is 0 Å². The fourth-order valence-electron chi connectivity index (χ4n) is 1.63. The van der Waals surface area contributed by atoms with Gasteiger partial charge in [-0.15, -0.1) is 0 Å². The number of esters is 1. The highest BCUT2D eigenvalue weighted by atomic mass is 16.5. The van der Waals surface area contributed by atoms with E-state index in [0.29, 0.717) is 12.2 Å². The van der Waals surface area contributed by atoms with Crippen LogP contribution in [0.4, 0.5) is 0 Å². The molecule has 0 radical (unpaired) electrons. The number of cyclic esters (lactones) is 1. The SMILES string of the molecule is O=C1CCC(=O)N1O.O=C1OCc2ccccc21. The molecule has 2 aliphatic heterocycles. The van der Waals surface area contributed by atoms with Crippen molar-refractivity contribution in [3.8, 4) is 0 Å². The second kappa shape index (κ2) is 4.97. The van der Waals surface area contributed by atoms with Crippen molar-refractivity contribution in [3.05, 3.63) is 35.4 Å². The van der Waals surface area contributed by atoms with Gasteiger partial charge in [0.1, 0.15) is 6.61 Å². The molecule has 3 rings (SSSR count). The van der Waals surface area contributed by atoms with Crippen LogP contribution in [-0.4, -0.2) is 28.1 Å². The number of hydroxylamine groups is 2. The first-order valence-electron chi connectivity index (χ1n) is 5.39. The summed E-state index contributed by atoms with van der Waals surface area (Å²) < 4.78 is 4.78. The Bertz CT molecular complexity index is 495. The number of ether oxygens (including phenoxy) is 1. The zero-order chi connectivity index (χ0) is 13.1. The molecule has 2 amide bonds. The molecule has 6 nitrogen and oxygen atoms in total. The van der Waals surface area contributed by atoms with E-state index in [1.807, 2.05) is 18.2 Å². The average molecular weight is 249 g/mol. The van der Waals surface area contributed by atoms with Crippen molar-refractivity contribution in [2.45, 2.75) is 19.4 Å². The first-order valence-corrected chi connectivity index (χ1v) is 5.39. The predicted octanol–water partition coefficient (Wildman–Crippen LogP) is 0.882. The summed E-state index contributed by atoms with van der Waals surface area (Å²) in [5.74, 6) is -1.21. The average Bonchev–Trinajstić information content (AvgIpc) is 2.90. The number of hydrogen-bond donors (Lipinski definition) is 1. The van der Waals surface area contributed by atoms with E-state index in [-0.39, 0.29) is 23.9 Å². The van der Waals surface area contributed by atoms with Gasteiger partial charge in [0.05, 0.1) is 5.56 Å². The van der Waals surface area contributed by atoms with E-state index < -0.39 is 11.8 Å². The Balaban J connectivity index is 0.000000138. The molecule has 1 aromatic carbocycles. The molecule has 0 unspecified atom stereocenters. The highest BCUT2D eigenvalue weighted by Gasteiger charge is 2.26. The second-order valence-corrected chi connectivity index (χ2v) is 3.83. The van der Waals surface area contributed by atoms with E-state index in [4.69, 9.17) is 9.94 Å². The maximum Gasteiger partial charge on any atom is 0.338 e. The van der Waals surface area contributed by atoms with Gasteiger partial charge in [-0.2, -0.15) is 5.06 Å². The number of carbonyl (C=O) groups excluding carboxylic acids is 3. The normalized spacial score (nSPS) is 17.2. The van der Waals surface area contributed by atoms with Crippen molar-refractivity contribution in [1.82, 2.24) is 5.06 Å². The molecule has 1 aromatic rings. The maximum absolute atomic E-state index is 10.8. The number of imide groups is 1. The number of amides is 2.